The summed E-state index contributed by atoms with van der Waals surface area (Å²) in [5, 5.41) is 9.14. The minimum Gasteiger partial charge on any atom is -0.508 e. The molecule has 1 fully saturated rings. The Morgan fingerprint density at radius 2 is 2.06 bits per heavy atom. The van der Waals surface area contributed by atoms with E-state index in [-0.39, 0.29) is 18.5 Å². The van der Waals surface area contributed by atoms with Crippen LogP contribution in [0, 0.1) is 0 Å². The third kappa shape index (κ3) is 3.09. The summed E-state index contributed by atoms with van der Waals surface area (Å²) in [6.07, 6.45) is 0.771. The summed E-state index contributed by atoms with van der Waals surface area (Å²) >= 11 is 0. The lowest BCUT2D eigenvalue weighted by Gasteiger charge is -2.42. The molecule has 1 atom stereocenters. The molecule has 0 aliphatic carbocycles. The smallest absolute Gasteiger partial charge is 0.124 e. The Hall–Kier alpha value is -1.29. The van der Waals surface area contributed by atoms with Crippen LogP contribution in [0.5, 0.6) is 11.5 Å². The molecular formula is C13H18FNO2. The molecule has 1 aromatic carbocycles. The summed E-state index contributed by atoms with van der Waals surface area (Å²) in [6, 6.07) is 7.01. The average molecular weight is 239 g/mol. The summed E-state index contributed by atoms with van der Waals surface area (Å²) in [6.45, 7) is 3.47. The maximum atomic E-state index is 12.2. The molecule has 1 aliphatic heterocycles. The second-order valence-electron chi connectivity index (χ2n) is 4.51. The van der Waals surface area contributed by atoms with Gasteiger partial charge < -0.3 is 9.84 Å². The van der Waals surface area contributed by atoms with E-state index in [0.29, 0.717) is 12.5 Å². The minimum absolute atomic E-state index is 0.182. The third-order valence-electron chi connectivity index (χ3n) is 3.17. The zero-order valence-electron chi connectivity index (χ0n) is 9.97. The predicted molar refractivity (Wildman–Crippen MR) is 64.1 cm³/mol. The van der Waals surface area contributed by atoms with Crippen LogP contribution in [0.1, 0.15) is 13.3 Å². The van der Waals surface area contributed by atoms with Gasteiger partial charge in [0.05, 0.1) is 6.67 Å². The van der Waals surface area contributed by atoms with E-state index in [1.54, 1.807) is 24.3 Å². The van der Waals surface area contributed by atoms with Crippen molar-refractivity contribution < 1.29 is 14.2 Å². The summed E-state index contributed by atoms with van der Waals surface area (Å²) in [7, 11) is 0. The molecule has 94 valence electrons. The molecule has 1 saturated heterocycles. The number of phenols is 1. The van der Waals surface area contributed by atoms with Gasteiger partial charge in [0.2, 0.25) is 0 Å². The molecule has 0 radical (unpaired) electrons. The van der Waals surface area contributed by atoms with Gasteiger partial charge in [0.1, 0.15) is 17.6 Å². The topological polar surface area (TPSA) is 32.7 Å². The number of aromatic hydroxyl groups is 1. The van der Waals surface area contributed by atoms with Crippen molar-refractivity contribution in [3.8, 4) is 11.5 Å². The van der Waals surface area contributed by atoms with Gasteiger partial charge in [-0.1, -0.05) is 0 Å². The van der Waals surface area contributed by atoms with Crippen LogP contribution in [0.4, 0.5) is 4.39 Å². The van der Waals surface area contributed by atoms with Gasteiger partial charge in [-0.2, -0.15) is 0 Å². The van der Waals surface area contributed by atoms with Gasteiger partial charge >= 0.3 is 0 Å². The molecule has 0 spiro atoms. The molecule has 1 heterocycles. The average Bonchev–Trinajstić information content (AvgIpc) is 2.25. The Balaban J connectivity index is 1.75. The van der Waals surface area contributed by atoms with Crippen molar-refractivity contribution in [2.24, 2.45) is 0 Å². The Labute approximate surface area is 101 Å². The standard InChI is InChI=1S/C13H18FNO2/c1-10(6-7-14)15-8-13(9-15)17-12-4-2-11(16)3-5-12/h2-5,10,13,16H,6-9H2,1H3/t10-/m1/s1. The lowest BCUT2D eigenvalue weighted by atomic mass is 10.1. The lowest BCUT2D eigenvalue weighted by molar-refractivity contribution is -0.00788. The highest BCUT2D eigenvalue weighted by Crippen LogP contribution is 2.22. The second-order valence-corrected chi connectivity index (χ2v) is 4.51. The van der Waals surface area contributed by atoms with Gasteiger partial charge in [-0.05, 0) is 37.6 Å². The van der Waals surface area contributed by atoms with Gasteiger partial charge in [0.25, 0.3) is 0 Å². The predicted octanol–water partition coefficient (Wildman–Crippen LogP) is 2.20. The SMILES string of the molecule is C[C@H](CCF)N1CC(Oc2ccc(O)cc2)C1. The quantitative estimate of drug-likeness (QED) is 0.855. The van der Waals surface area contributed by atoms with Crippen molar-refractivity contribution in [1.82, 2.24) is 4.90 Å². The molecule has 1 aromatic rings. The van der Waals surface area contributed by atoms with E-state index in [4.69, 9.17) is 9.84 Å². The van der Waals surface area contributed by atoms with E-state index in [0.717, 1.165) is 18.8 Å². The van der Waals surface area contributed by atoms with Crippen molar-refractivity contribution in [1.29, 1.82) is 0 Å². The summed E-state index contributed by atoms with van der Waals surface area (Å²) in [4.78, 5) is 2.21. The summed E-state index contributed by atoms with van der Waals surface area (Å²) < 4.78 is 17.9. The van der Waals surface area contributed by atoms with Crippen LogP contribution in [0.25, 0.3) is 0 Å². The fourth-order valence-corrected chi connectivity index (χ4v) is 1.96. The Bertz CT molecular complexity index is 349. The van der Waals surface area contributed by atoms with Crippen molar-refractivity contribution >= 4 is 0 Å². The fraction of sp³-hybridized carbons (Fsp3) is 0.538. The first-order valence-electron chi connectivity index (χ1n) is 5.94. The van der Waals surface area contributed by atoms with Crippen LogP contribution in [-0.2, 0) is 0 Å². The van der Waals surface area contributed by atoms with Gasteiger partial charge in [-0.25, -0.2) is 0 Å². The van der Waals surface area contributed by atoms with E-state index < -0.39 is 0 Å². The maximum Gasteiger partial charge on any atom is 0.124 e. The summed E-state index contributed by atoms with van der Waals surface area (Å²) in [5.74, 6) is 1.01. The Morgan fingerprint density at radius 1 is 1.41 bits per heavy atom. The lowest BCUT2D eigenvalue weighted by Crippen LogP contribution is -2.57. The molecule has 1 aliphatic rings. The van der Waals surface area contributed by atoms with Gasteiger partial charge in [-0.3, -0.25) is 9.29 Å². The molecule has 4 heteroatoms. The third-order valence-corrected chi connectivity index (χ3v) is 3.17. The Kier molecular flexibility index (Phi) is 3.84. The van der Waals surface area contributed by atoms with Crippen molar-refractivity contribution in [2.75, 3.05) is 19.8 Å². The number of phenolic OH excluding ortho intramolecular Hbond substituents is 1. The maximum absolute atomic E-state index is 12.2. The normalized spacial score (nSPS) is 18.7. The van der Waals surface area contributed by atoms with Gasteiger partial charge in [-0.15, -0.1) is 0 Å². The first-order valence-corrected chi connectivity index (χ1v) is 5.94. The van der Waals surface area contributed by atoms with Crippen molar-refractivity contribution in [3.05, 3.63) is 24.3 Å². The van der Waals surface area contributed by atoms with Crippen molar-refractivity contribution in [2.45, 2.75) is 25.5 Å². The van der Waals surface area contributed by atoms with Gasteiger partial charge in [0.15, 0.2) is 0 Å². The molecule has 1 N–H and O–H groups in total. The van der Waals surface area contributed by atoms with Crippen molar-refractivity contribution in [3.63, 3.8) is 0 Å². The zero-order chi connectivity index (χ0) is 12.3. The monoisotopic (exact) mass is 239 g/mol. The molecule has 0 amide bonds. The number of likely N-dealkylation sites (tertiary alicyclic amines) is 1. The molecule has 2 rings (SSSR count). The highest BCUT2D eigenvalue weighted by molar-refractivity contribution is 5.30. The number of benzene rings is 1. The second kappa shape index (κ2) is 5.36. The van der Waals surface area contributed by atoms with E-state index in [1.165, 1.54) is 0 Å². The van der Waals surface area contributed by atoms with Crippen LogP contribution in [0.15, 0.2) is 24.3 Å². The molecule has 0 bridgehead atoms. The number of nitrogens with zero attached hydrogens (tertiary/aromatic N) is 1. The van der Waals surface area contributed by atoms with Crippen LogP contribution in [0.3, 0.4) is 0 Å². The molecule has 0 saturated carbocycles. The highest BCUT2D eigenvalue weighted by Gasteiger charge is 2.31. The number of hydrogen-bond donors (Lipinski definition) is 1. The number of alkyl halides is 1. The number of rotatable bonds is 5. The molecule has 17 heavy (non-hydrogen) atoms. The van der Waals surface area contributed by atoms with Gasteiger partial charge in [0, 0.05) is 19.1 Å². The van der Waals surface area contributed by atoms with E-state index >= 15 is 0 Å². The van der Waals surface area contributed by atoms with Crippen LogP contribution >= 0.6 is 0 Å². The fourth-order valence-electron chi connectivity index (χ4n) is 1.96. The zero-order valence-corrected chi connectivity index (χ0v) is 9.97. The van der Waals surface area contributed by atoms with Crippen LogP contribution < -0.4 is 4.74 Å². The van der Waals surface area contributed by atoms with E-state index in [2.05, 4.69) is 4.90 Å². The first kappa shape index (κ1) is 12.2. The van der Waals surface area contributed by atoms with Crippen LogP contribution in [0.2, 0.25) is 0 Å². The largest absolute Gasteiger partial charge is 0.508 e. The van der Waals surface area contributed by atoms with E-state index in [1.807, 2.05) is 6.92 Å². The highest BCUT2D eigenvalue weighted by atomic mass is 19.1. The molecule has 3 nitrogen and oxygen atoms in total. The molecule has 0 aromatic heterocycles. The Morgan fingerprint density at radius 3 is 2.65 bits per heavy atom. The summed E-state index contributed by atoms with van der Waals surface area (Å²) in [5.41, 5.74) is 0. The van der Waals surface area contributed by atoms with Crippen LogP contribution in [-0.4, -0.2) is 41.9 Å². The molecular weight excluding hydrogens is 221 g/mol. The number of ether oxygens (including phenoxy) is 1. The number of hydrogen-bond acceptors (Lipinski definition) is 3. The van der Waals surface area contributed by atoms with E-state index in [9.17, 15) is 4.39 Å². The molecule has 0 unspecified atom stereocenters. The number of halogens is 1. The first-order chi connectivity index (χ1) is 8.19. The minimum atomic E-state index is -0.263.